The van der Waals surface area contributed by atoms with Crippen molar-refractivity contribution >= 4 is 5.97 Å². The SMILES string of the molecule is CC(C)(C)OC(=O)C1(N)CN2CCC1CC2. The standard InChI is InChI=1S/C12H22N2O2/c1-11(2,3)16-10(15)12(13)8-14-6-4-9(12)5-7-14/h9H,4-8,13H2,1-3H3. The minimum absolute atomic E-state index is 0.227. The first-order valence-electron chi connectivity index (χ1n) is 6.06. The highest BCUT2D eigenvalue weighted by Crippen LogP contribution is 2.35. The lowest BCUT2D eigenvalue weighted by Gasteiger charge is -2.50. The number of hydrogen-bond donors (Lipinski definition) is 1. The van der Waals surface area contributed by atoms with Gasteiger partial charge in [-0.2, -0.15) is 0 Å². The lowest BCUT2D eigenvalue weighted by Crippen LogP contribution is -2.68. The van der Waals surface area contributed by atoms with Gasteiger partial charge in [0.15, 0.2) is 0 Å². The first kappa shape index (κ1) is 11.9. The summed E-state index contributed by atoms with van der Waals surface area (Å²) in [6, 6.07) is 0. The Kier molecular flexibility index (Phi) is 2.75. The molecule has 2 N–H and O–H groups in total. The molecule has 16 heavy (non-hydrogen) atoms. The van der Waals surface area contributed by atoms with Crippen LogP contribution in [0.15, 0.2) is 0 Å². The number of rotatable bonds is 1. The molecule has 1 atom stereocenters. The van der Waals surface area contributed by atoms with Crippen molar-refractivity contribution in [2.24, 2.45) is 11.7 Å². The molecule has 0 saturated carbocycles. The molecule has 3 aliphatic rings. The lowest BCUT2D eigenvalue weighted by atomic mass is 9.73. The molecule has 0 aromatic carbocycles. The third kappa shape index (κ3) is 2.09. The number of hydrogen-bond acceptors (Lipinski definition) is 4. The molecule has 3 saturated heterocycles. The van der Waals surface area contributed by atoms with Crippen molar-refractivity contribution in [2.75, 3.05) is 19.6 Å². The van der Waals surface area contributed by atoms with E-state index >= 15 is 0 Å². The molecule has 4 nitrogen and oxygen atoms in total. The van der Waals surface area contributed by atoms with Crippen LogP contribution in [0.4, 0.5) is 0 Å². The van der Waals surface area contributed by atoms with Gasteiger partial charge in [-0.15, -0.1) is 0 Å². The molecular formula is C12H22N2O2. The smallest absolute Gasteiger partial charge is 0.328 e. The average Bonchev–Trinajstić information content (AvgIpc) is 2.16. The maximum atomic E-state index is 12.2. The minimum Gasteiger partial charge on any atom is -0.459 e. The van der Waals surface area contributed by atoms with Crippen LogP contribution in [-0.4, -0.2) is 41.6 Å². The highest BCUT2D eigenvalue weighted by atomic mass is 16.6. The van der Waals surface area contributed by atoms with Gasteiger partial charge in [0.05, 0.1) is 0 Å². The normalized spacial score (nSPS) is 38.5. The average molecular weight is 226 g/mol. The maximum Gasteiger partial charge on any atom is 0.328 e. The van der Waals surface area contributed by atoms with Gasteiger partial charge in [-0.3, -0.25) is 0 Å². The van der Waals surface area contributed by atoms with Gasteiger partial charge in [0, 0.05) is 6.54 Å². The molecule has 0 radical (unpaired) electrons. The Morgan fingerprint density at radius 2 is 1.94 bits per heavy atom. The highest BCUT2D eigenvalue weighted by molar-refractivity contribution is 5.82. The molecule has 0 aromatic rings. The monoisotopic (exact) mass is 226 g/mol. The molecule has 3 aliphatic heterocycles. The number of fused-ring (bicyclic) bond motifs is 3. The van der Waals surface area contributed by atoms with Crippen molar-refractivity contribution in [1.82, 2.24) is 4.90 Å². The molecule has 4 heteroatoms. The van der Waals surface area contributed by atoms with Crippen LogP contribution in [0.1, 0.15) is 33.6 Å². The number of nitrogens with two attached hydrogens (primary N) is 1. The summed E-state index contributed by atoms with van der Waals surface area (Å²) in [5.74, 6) is 0.0711. The van der Waals surface area contributed by atoms with E-state index in [9.17, 15) is 4.79 Å². The van der Waals surface area contributed by atoms with Crippen LogP contribution >= 0.6 is 0 Å². The molecule has 0 aliphatic carbocycles. The van der Waals surface area contributed by atoms with Gasteiger partial charge in [-0.1, -0.05) is 0 Å². The summed E-state index contributed by atoms with van der Waals surface area (Å²) < 4.78 is 5.44. The first-order valence-corrected chi connectivity index (χ1v) is 6.06. The summed E-state index contributed by atoms with van der Waals surface area (Å²) in [6.07, 6.45) is 2.05. The molecule has 92 valence electrons. The Morgan fingerprint density at radius 1 is 1.38 bits per heavy atom. The number of nitrogens with zero attached hydrogens (tertiary/aromatic N) is 1. The van der Waals surface area contributed by atoms with E-state index < -0.39 is 11.1 Å². The van der Waals surface area contributed by atoms with Crippen LogP contribution in [0.25, 0.3) is 0 Å². The summed E-state index contributed by atoms with van der Waals surface area (Å²) in [7, 11) is 0. The Bertz CT molecular complexity index is 290. The van der Waals surface area contributed by atoms with E-state index in [0.29, 0.717) is 12.5 Å². The molecule has 0 spiro atoms. The number of carbonyl (C=O) groups excluding carboxylic acids is 1. The third-order valence-corrected chi connectivity index (χ3v) is 3.58. The predicted octanol–water partition coefficient (Wildman–Crippen LogP) is 0.751. The Morgan fingerprint density at radius 3 is 2.31 bits per heavy atom. The van der Waals surface area contributed by atoms with Gasteiger partial charge >= 0.3 is 5.97 Å². The van der Waals surface area contributed by atoms with E-state index in [1.54, 1.807) is 0 Å². The van der Waals surface area contributed by atoms with Crippen molar-refractivity contribution in [3.63, 3.8) is 0 Å². The highest BCUT2D eigenvalue weighted by Gasteiger charge is 2.50. The zero-order chi connectivity index (χ0) is 12.0. The molecule has 3 heterocycles. The Labute approximate surface area is 97.1 Å². The van der Waals surface area contributed by atoms with Gasteiger partial charge in [-0.25, -0.2) is 4.79 Å². The van der Waals surface area contributed by atoms with Gasteiger partial charge in [0.2, 0.25) is 0 Å². The van der Waals surface area contributed by atoms with E-state index in [0.717, 1.165) is 25.9 Å². The summed E-state index contributed by atoms with van der Waals surface area (Å²) in [6.45, 7) is 8.46. The second kappa shape index (κ2) is 3.70. The topological polar surface area (TPSA) is 55.6 Å². The fourth-order valence-corrected chi connectivity index (χ4v) is 2.71. The summed E-state index contributed by atoms with van der Waals surface area (Å²) >= 11 is 0. The third-order valence-electron chi connectivity index (χ3n) is 3.58. The van der Waals surface area contributed by atoms with Crippen LogP contribution in [0.2, 0.25) is 0 Å². The summed E-state index contributed by atoms with van der Waals surface area (Å²) in [5.41, 5.74) is 5.06. The van der Waals surface area contributed by atoms with Crippen LogP contribution in [0.5, 0.6) is 0 Å². The van der Waals surface area contributed by atoms with E-state index in [1.165, 1.54) is 0 Å². The minimum atomic E-state index is -0.774. The van der Waals surface area contributed by atoms with Crippen LogP contribution in [0, 0.1) is 5.92 Å². The first-order chi connectivity index (χ1) is 7.31. The number of piperidine rings is 3. The Balaban J connectivity index is 2.10. The second-order valence-electron chi connectivity index (χ2n) is 6.09. The van der Waals surface area contributed by atoms with Crippen molar-refractivity contribution in [1.29, 1.82) is 0 Å². The van der Waals surface area contributed by atoms with E-state index in [4.69, 9.17) is 10.5 Å². The van der Waals surface area contributed by atoms with Gasteiger partial charge in [-0.05, 0) is 52.6 Å². The number of ether oxygens (including phenoxy) is 1. The second-order valence-corrected chi connectivity index (χ2v) is 6.09. The van der Waals surface area contributed by atoms with E-state index in [2.05, 4.69) is 4.90 Å². The molecule has 3 fully saturated rings. The molecule has 3 rings (SSSR count). The maximum absolute atomic E-state index is 12.2. The molecule has 2 bridgehead atoms. The van der Waals surface area contributed by atoms with Crippen LogP contribution in [-0.2, 0) is 9.53 Å². The van der Waals surface area contributed by atoms with Crippen LogP contribution < -0.4 is 5.73 Å². The van der Waals surface area contributed by atoms with Crippen molar-refractivity contribution < 1.29 is 9.53 Å². The fraction of sp³-hybridized carbons (Fsp3) is 0.917. The van der Waals surface area contributed by atoms with E-state index in [-0.39, 0.29) is 5.97 Å². The summed E-state index contributed by atoms with van der Waals surface area (Å²) in [4.78, 5) is 14.4. The summed E-state index contributed by atoms with van der Waals surface area (Å²) in [5, 5.41) is 0. The predicted molar refractivity (Wildman–Crippen MR) is 61.9 cm³/mol. The van der Waals surface area contributed by atoms with Crippen molar-refractivity contribution in [2.45, 2.75) is 44.8 Å². The lowest BCUT2D eigenvalue weighted by molar-refractivity contribution is -0.169. The largest absolute Gasteiger partial charge is 0.459 e. The van der Waals surface area contributed by atoms with Gasteiger partial charge < -0.3 is 15.4 Å². The zero-order valence-corrected chi connectivity index (χ0v) is 10.5. The molecular weight excluding hydrogens is 204 g/mol. The Hall–Kier alpha value is -0.610. The molecule has 1 unspecified atom stereocenters. The number of carbonyl (C=O) groups is 1. The van der Waals surface area contributed by atoms with Crippen molar-refractivity contribution in [3.05, 3.63) is 0 Å². The zero-order valence-electron chi connectivity index (χ0n) is 10.5. The van der Waals surface area contributed by atoms with Crippen molar-refractivity contribution in [3.8, 4) is 0 Å². The number of esters is 1. The van der Waals surface area contributed by atoms with Gasteiger partial charge in [0.25, 0.3) is 0 Å². The quantitative estimate of drug-likeness (QED) is 0.670. The molecule has 0 amide bonds. The van der Waals surface area contributed by atoms with Gasteiger partial charge in [0.1, 0.15) is 11.1 Å². The van der Waals surface area contributed by atoms with Crippen LogP contribution in [0.3, 0.4) is 0 Å². The fourth-order valence-electron chi connectivity index (χ4n) is 2.71. The molecule has 0 aromatic heterocycles. The van der Waals surface area contributed by atoms with E-state index in [1.807, 2.05) is 20.8 Å².